The van der Waals surface area contributed by atoms with E-state index >= 15 is 0 Å². The molecule has 2 aromatic carbocycles. The van der Waals surface area contributed by atoms with Gasteiger partial charge in [0.25, 0.3) is 0 Å². The van der Waals surface area contributed by atoms with Crippen LogP contribution in [0, 0.1) is 0 Å². The van der Waals surface area contributed by atoms with Crippen molar-refractivity contribution in [2.24, 2.45) is 0 Å². The van der Waals surface area contributed by atoms with E-state index in [0.29, 0.717) is 0 Å². The van der Waals surface area contributed by atoms with E-state index in [0.717, 1.165) is 52.2 Å². The van der Waals surface area contributed by atoms with Gasteiger partial charge >= 0.3 is 0 Å². The Morgan fingerprint density at radius 1 is 1.15 bits per heavy atom. The van der Waals surface area contributed by atoms with Gasteiger partial charge in [-0.3, -0.25) is 0 Å². The van der Waals surface area contributed by atoms with Crippen molar-refractivity contribution in [1.29, 1.82) is 0 Å². The molecule has 0 saturated heterocycles. The minimum absolute atomic E-state index is 0. The second kappa shape index (κ2) is 6.34. The summed E-state index contributed by atoms with van der Waals surface area (Å²) in [7, 11) is 1.65. The molecule has 0 aliphatic carbocycles. The molecule has 0 fully saturated rings. The van der Waals surface area contributed by atoms with Gasteiger partial charge in [0, 0.05) is 18.1 Å². The highest BCUT2D eigenvalue weighted by Gasteiger charge is 2.28. The molecule has 5 rings (SSSR count). The van der Waals surface area contributed by atoms with E-state index in [1.807, 2.05) is 12.1 Å². The van der Waals surface area contributed by atoms with E-state index in [1.54, 1.807) is 7.11 Å². The Bertz CT molecular complexity index is 1020. The number of rotatable bonds is 2. The van der Waals surface area contributed by atoms with Crippen LogP contribution >= 0.6 is 0 Å². The molecular weight excluding hydrogens is 354 g/mol. The monoisotopic (exact) mass is 371 g/mol. The Labute approximate surface area is 157 Å². The summed E-state index contributed by atoms with van der Waals surface area (Å²) in [5.74, 6) is 2.38. The summed E-state index contributed by atoms with van der Waals surface area (Å²) >= 11 is 0. The number of nitrogens with zero attached hydrogens (tertiary/aromatic N) is 1. The molecule has 134 valence electrons. The summed E-state index contributed by atoms with van der Waals surface area (Å²) in [6.07, 6.45) is 3.06. The number of pyridine rings is 1. The standard InChI is InChI=1S/C20H18NO4.ClH/c1-23-20-14(10-22)3-2-12-6-17-15-8-19-18(24-11-25-19)7-13(15)4-5-21(17)9-16(12)20;/h2-3,6-9,22H,4-5,10-11H2,1H3;1H/q+1;/p-1. The van der Waals surface area contributed by atoms with Gasteiger partial charge in [0.15, 0.2) is 24.2 Å². The van der Waals surface area contributed by atoms with Crippen LogP contribution in [0.3, 0.4) is 0 Å². The zero-order valence-corrected chi connectivity index (χ0v) is 15.0. The highest BCUT2D eigenvalue weighted by molar-refractivity contribution is 5.90. The number of hydrogen-bond donors (Lipinski definition) is 1. The molecule has 0 unspecified atom stereocenters. The molecule has 3 aromatic rings. The average molecular weight is 372 g/mol. The maximum absolute atomic E-state index is 9.55. The second-order valence-corrected chi connectivity index (χ2v) is 6.38. The fourth-order valence-corrected chi connectivity index (χ4v) is 3.83. The zero-order valence-electron chi connectivity index (χ0n) is 14.3. The van der Waals surface area contributed by atoms with Crippen molar-refractivity contribution in [1.82, 2.24) is 0 Å². The van der Waals surface area contributed by atoms with E-state index < -0.39 is 0 Å². The largest absolute Gasteiger partial charge is 1.00 e. The van der Waals surface area contributed by atoms with Gasteiger partial charge in [-0.25, -0.2) is 0 Å². The lowest BCUT2D eigenvalue weighted by Gasteiger charge is -2.17. The quantitative estimate of drug-likeness (QED) is 0.622. The van der Waals surface area contributed by atoms with Gasteiger partial charge < -0.3 is 31.7 Å². The van der Waals surface area contributed by atoms with Crippen molar-refractivity contribution in [3.63, 3.8) is 0 Å². The number of benzene rings is 2. The number of ether oxygens (including phenoxy) is 3. The molecule has 26 heavy (non-hydrogen) atoms. The van der Waals surface area contributed by atoms with Crippen molar-refractivity contribution < 1.29 is 36.3 Å². The highest BCUT2D eigenvalue weighted by Crippen LogP contribution is 2.40. The number of fused-ring (bicyclic) bond motifs is 5. The fraction of sp³-hybridized carbons (Fsp3) is 0.250. The third kappa shape index (κ3) is 2.39. The van der Waals surface area contributed by atoms with Crippen LogP contribution in [-0.4, -0.2) is 19.0 Å². The van der Waals surface area contributed by atoms with Crippen LogP contribution in [0.2, 0.25) is 0 Å². The maximum Gasteiger partial charge on any atom is 0.231 e. The molecule has 2 aliphatic heterocycles. The molecule has 2 aliphatic rings. The lowest BCUT2D eigenvalue weighted by atomic mass is 9.95. The number of methoxy groups -OCH3 is 1. The molecule has 0 bridgehead atoms. The van der Waals surface area contributed by atoms with E-state index in [-0.39, 0.29) is 25.8 Å². The first kappa shape index (κ1) is 16.9. The Balaban J connectivity index is 0.00000168. The topological polar surface area (TPSA) is 51.8 Å². The van der Waals surface area contributed by atoms with E-state index in [9.17, 15) is 5.11 Å². The first-order chi connectivity index (χ1) is 12.3. The number of halogens is 1. The predicted molar refractivity (Wildman–Crippen MR) is 91.9 cm³/mol. The molecular formula is C20H18ClNO4. The molecule has 0 radical (unpaired) electrons. The second-order valence-electron chi connectivity index (χ2n) is 6.38. The summed E-state index contributed by atoms with van der Waals surface area (Å²) in [6, 6.07) is 10.3. The van der Waals surface area contributed by atoms with Gasteiger partial charge in [0.1, 0.15) is 5.75 Å². The zero-order chi connectivity index (χ0) is 17.0. The molecule has 0 atom stereocenters. The Morgan fingerprint density at radius 2 is 1.96 bits per heavy atom. The van der Waals surface area contributed by atoms with E-state index in [4.69, 9.17) is 14.2 Å². The molecule has 0 spiro atoms. The molecule has 0 amide bonds. The SMILES string of the molecule is COc1c(CO)ccc2cc3[n+](cc12)CCc1cc2c(cc1-3)OCO2.[Cl-]. The highest BCUT2D eigenvalue weighted by atomic mass is 35.5. The molecule has 0 saturated carbocycles. The summed E-state index contributed by atoms with van der Waals surface area (Å²) in [4.78, 5) is 0. The third-order valence-electron chi connectivity index (χ3n) is 5.07. The first-order valence-electron chi connectivity index (χ1n) is 8.35. The smallest absolute Gasteiger partial charge is 0.231 e. The lowest BCUT2D eigenvalue weighted by molar-refractivity contribution is -0.686. The van der Waals surface area contributed by atoms with Crippen LogP contribution in [0.25, 0.3) is 22.0 Å². The minimum atomic E-state index is -0.0345. The Morgan fingerprint density at radius 3 is 2.73 bits per heavy atom. The normalized spacial score (nSPS) is 13.8. The number of aromatic nitrogens is 1. The van der Waals surface area contributed by atoms with Gasteiger partial charge in [-0.05, 0) is 23.1 Å². The van der Waals surface area contributed by atoms with Crippen molar-refractivity contribution in [2.75, 3.05) is 13.9 Å². The minimum Gasteiger partial charge on any atom is -1.00 e. The summed E-state index contributed by atoms with van der Waals surface area (Å²) in [6.45, 7) is 1.15. The molecule has 5 nitrogen and oxygen atoms in total. The van der Waals surface area contributed by atoms with Crippen LogP contribution in [0.5, 0.6) is 17.2 Å². The van der Waals surface area contributed by atoms with Gasteiger partial charge in [-0.15, -0.1) is 0 Å². The van der Waals surface area contributed by atoms with Crippen LogP contribution in [-0.2, 0) is 19.6 Å². The molecule has 3 heterocycles. The van der Waals surface area contributed by atoms with Gasteiger partial charge in [-0.1, -0.05) is 12.1 Å². The number of aliphatic hydroxyl groups is 1. The van der Waals surface area contributed by atoms with Crippen molar-refractivity contribution in [3.8, 4) is 28.5 Å². The van der Waals surface area contributed by atoms with Gasteiger partial charge in [-0.2, -0.15) is 4.57 Å². The van der Waals surface area contributed by atoms with Crippen molar-refractivity contribution in [3.05, 3.63) is 47.7 Å². The van der Waals surface area contributed by atoms with Crippen molar-refractivity contribution in [2.45, 2.75) is 19.6 Å². The maximum atomic E-state index is 9.55. The van der Waals surface area contributed by atoms with Crippen LogP contribution in [0.4, 0.5) is 0 Å². The molecule has 1 N–H and O–H groups in total. The van der Waals surface area contributed by atoms with Crippen LogP contribution in [0.1, 0.15) is 11.1 Å². The summed E-state index contributed by atoms with van der Waals surface area (Å²) < 4.78 is 18.9. The molecule has 6 heteroatoms. The molecule has 1 aromatic heterocycles. The summed E-state index contributed by atoms with van der Waals surface area (Å²) in [5, 5.41) is 11.7. The Hall–Kier alpha value is -2.50. The van der Waals surface area contributed by atoms with Crippen LogP contribution in [0.15, 0.2) is 36.5 Å². The number of aryl methyl sites for hydroxylation is 2. The van der Waals surface area contributed by atoms with Crippen molar-refractivity contribution >= 4 is 10.8 Å². The first-order valence-corrected chi connectivity index (χ1v) is 8.35. The number of hydrogen-bond acceptors (Lipinski definition) is 4. The van der Waals surface area contributed by atoms with Gasteiger partial charge in [0.2, 0.25) is 12.5 Å². The van der Waals surface area contributed by atoms with Crippen LogP contribution < -0.4 is 31.2 Å². The number of aliphatic hydroxyl groups excluding tert-OH is 1. The van der Waals surface area contributed by atoms with E-state index in [2.05, 4.69) is 29.0 Å². The summed E-state index contributed by atoms with van der Waals surface area (Å²) in [5.41, 5.74) is 4.42. The lowest BCUT2D eigenvalue weighted by Crippen LogP contribution is -3.00. The average Bonchev–Trinajstić information content (AvgIpc) is 3.11. The fourth-order valence-electron chi connectivity index (χ4n) is 3.83. The van der Waals surface area contributed by atoms with Gasteiger partial charge in [0.05, 0.1) is 24.7 Å². The Kier molecular flexibility index (Phi) is 4.13. The van der Waals surface area contributed by atoms with E-state index in [1.165, 1.54) is 11.1 Å². The third-order valence-corrected chi connectivity index (χ3v) is 5.07. The predicted octanol–water partition coefficient (Wildman–Crippen LogP) is -0.416.